The minimum atomic E-state index is -3.79. The van der Waals surface area contributed by atoms with Gasteiger partial charge in [-0.25, -0.2) is 4.83 Å². The maximum Gasteiger partial charge on any atom is 0.276 e. The van der Waals surface area contributed by atoms with E-state index >= 15 is 0 Å². The second-order valence-corrected chi connectivity index (χ2v) is 9.01. The molecule has 0 spiro atoms. The molecule has 0 aliphatic rings. The average molecular weight is 382 g/mol. The van der Waals surface area contributed by atoms with Crippen LogP contribution in [0.5, 0.6) is 5.75 Å². The maximum atomic E-state index is 12.4. The van der Waals surface area contributed by atoms with Crippen LogP contribution in [-0.2, 0) is 15.4 Å². The summed E-state index contributed by atoms with van der Waals surface area (Å²) in [6.07, 6.45) is 1.32. The number of phenols is 1. The maximum absolute atomic E-state index is 12.4. The second-order valence-electron chi connectivity index (χ2n) is 7.35. The van der Waals surface area contributed by atoms with Crippen molar-refractivity contribution in [2.75, 3.05) is 0 Å². The Morgan fingerprint density at radius 3 is 2.30 bits per heavy atom. The van der Waals surface area contributed by atoms with E-state index in [1.165, 1.54) is 6.21 Å². The van der Waals surface area contributed by atoms with E-state index in [0.717, 1.165) is 16.3 Å². The van der Waals surface area contributed by atoms with E-state index in [0.29, 0.717) is 5.56 Å². The Labute approximate surface area is 159 Å². The SMILES string of the molecule is CC(C)(C)c1ccc(S(=O)(=O)NN=Cc2c(O)ccc3ccccc23)cc1. The van der Waals surface area contributed by atoms with Crippen molar-refractivity contribution in [3.05, 3.63) is 71.8 Å². The van der Waals surface area contributed by atoms with Gasteiger partial charge in [0.2, 0.25) is 0 Å². The van der Waals surface area contributed by atoms with Crippen LogP contribution >= 0.6 is 0 Å². The van der Waals surface area contributed by atoms with Crippen molar-refractivity contribution in [2.24, 2.45) is 5.10 Å². The van der Waals surface area contributed by atoms with Crippen LogP contribution in [0, 0.1) is 0 Å². The van der Waals surface area contributed by atoms with Crippen molar-refractivity contribution < 1.29 is 13.5 Å². The fourth-order valence-corrected chi connectivity index (χ4v) is 3.56. The van der Waals surface area contributed by atoms with Gasteiger partial charge in [-0.2, -0.15) is 13.5 Å². The highest BCUT2D eigenvalue weighted by molar-refractivity contribution is 7.89. The number of hydrazone groups is 1. The number of nitrogens with zero attached hydrogens (tertiary/aromatic N) is 1. The van der Waals surface area contributed by atoms with Crippen molar-refractivity contribution >= 4 is 27.0 Å². The molecule has 0 atom stereocenters. The zero-order valence-corrected chi connectivity index (χ0v) is 16.3. The predicted octanol–water partition coefficient (Wildman–Crippen LogP) is 4.16. The molecule has 5 nitrogen and oxygen atoms in total. The topological polar surface area (TPSA) is 78.8 Å². The summed E-state index contributed by atoms with van der Waals surface area (Å²) in [6.45, 7) is 6.20. The highest BCUT2D eigenvalue weighted by atomic mass is 32.2. The monoisotopic (exact) mass is 382 g/mol. The number of hydrogen-bond acceptors (Lipinski definition) is 4. The van der Waals surface area contributed by atoms with Gasteiger partial charge in [0, 0.05) is 5.56 Å². The summed E-state index contributed by atoms with van der Waals surface area (Å²) in [5, 5.41) is 15.7. The minimum Gasteiger partial charge on any atom is -0.507 e. The van der Waals surface area contributed by atoms with Gasteiger partial charge in [0.05, 0.1) is 11.1 Å². The van der Waals surface area contributed by atoms with Gasteiger partial charge in [0.25, 0.3) is 10.0 Å². The molecule has 0 aliphatic carbocycles. The molecule has 0 saturated carbocycles. The van der Waals surface area contributed by atoms with Crippen LogP contribution in [0.1, 0.15) is 31.9 Å². The molecule has 0 unspecified atom stereocenters. The van der Waals surface area contributed by atoms with Crippen LogP contribution in [0.15, 0.2) is 70.7 Å². The third-order valence-corrected chi connectivity index (χ3v) is 5.58. The summed E-state index contributed by atoms with van der Waals surface area (Å²) < 4.78 is 24.9. The largest absolute Gasteiger partial charge is 0.507 e. The first-order valence-electron chi connectivity index (χ1n) is 8.55. The molecular weight excluding hydrogens is 360 g/mol. The fraction of sp³-hybridized carbons (Fsp3) is 0.190. The van der Waals surface area contributed by atoms with Gasteiger partial charge in [-0.3, -0.25) is 0 Å². The lowest BCUT2D eigenvalue weighted by molar-refractivity contribution is 0.475. The standard InChI is InChI=1S/C21H22N2O3S/c1-21(2,3)16-9-11-17(12-10-16)27(25,26)23-22-14-19-18-7-5-4-6-15(18)8-13-20(19)24/h4-14,23-24H,1-3H3. The molecule has 140 valence electrons. The summed E-state index contributed by atoms with van der Waals surface area (Å²) in [4.78, 5) is 2.34. The smallest absolute Gasteiger partial charge is 0.276 e. The van der Waals surface area contributed by atoms with Crippen LogP contribution in [0.4, 0.5) is 0 Å². The zero-order valence-electron chi connectivity index (χ0n) is 15.5. The first-order valence-corrected chi connectivity index (χ1v) is 10.0. The highest BCUT2D eigenvalue weighted by Gasteiger charge is 2.17. The number of phenolic OH excluding ortho intramolecular Hbond substituents is 1. The number of fused-ring (bicyclic) bond motifs is 1. The Bertz CT molecular complexity index is 1100. The van der Waals surface area contributed by atoms with E-state index in [-0.39, 0.29) is 16.1 Å². The van der Waals surface area contributed by atoms with Gasteiger partial charge < -0.3 is 5.11 Å². The quantitative estimate of drug-likeness (QED) is 0.525. The molecule has 0 saturated heterocycles. The molecular formula is C21H22N2O3S. The fourth-order valence-electron chi connectivity index (χ4n) is 2.77. The first-order chi connectivity index (χ1) is 12.7. The lowest BCUT2D eigenvalue weighted by Crippen LogP contribution is -2.19. The average Bonchev–Trinajstić information content (AvgIpc) is 2.63. The highest BCUT2D eigenvalue weighted by Crippen LogP contribution is 2.26. The van der Waals surface area contributed by atoms with Crippen molar-refractivity contribution in [3.63, 3.8) is 0 Å². The Hall–Kier alpha value is -2.86. The first kappa shape index (κ1) is 18.9. The van der Waals surface area contributed by atoms with Crippen molar-refractivity contribution in [2.45, 2.75) is 31.1 Å². The lowest BCUT2D eigenvalue weighted by Gasteiger charge is -2.19. The molecule has 0 aliphatic heterocycles. The van der Waals surface area contributed by atoms with Crippen molar-refractivity contribution in [1.29, 1.82) is 0 Å². The van der Waals surface area contributed by atoms with Crippen LogP contribution < -0.4 is 4.83 Å². The molecule has 27 heavy (non-hydrogen) atoms. The molecule has 0 fully saturated rings. The summed E-state index contributed by atoms with van der Waals surface area (Å²) >= 11 is 0. The van der Waals surface area contributed by atoms with Gasteiger partial charge >= 0.3 is 0 Å². The molecule has 0 amide bonds. The van der Waals surface area contributed by atoms with Crippen LogP contribution in [0.25, 0.3) is 10.8 Å². The summed E-state index contributed by atoms with van der Waals surface area (Å²) in [7, 11) is -3.79. The normalized spacial score (nSPS) is 12.6. The lowest BCUT2D eigenvalue weighted by atomic mass is 9.87. The number of nitrogens with one attached hydrogen (secondary N) is 1. The zero-order chi connectivity index (χ0) is 19.7. The van der Waals surface area contributed by atoms with Crippen LogP contribution in [0.2, 0.25) is 0 Å². The van der Waals surface area contributed by atoms with E-state index in [1.54, 1.807) is 36.4 Å². The molecule has 2 N–H and O–H groups in total. The number of aromatic hydroxyl groups is 1. The molecule has 3 rings (SSSR count). The molecule has 0 heterocycles. The van der Waals surface area contributed by atoms with Crippen LogP contribution in [-0.4, -0.2) is 19.7 Å². The van der Waals surface area contributed by atoms with Gasteiger partial charge in [-0.1, -0.05) is 63.2 Å². The van der Waals surface area contributed by atoms with E-state index in [1.807, 2.05) is 24.3 Å². The third kappa shape index (κ3) is 4.11. The van der Waals surface area contributed by atoms with E-state index in [9.17, 15) is 13.5 Å². The van der Waals surface area contributed by atoms with Gasteiger partial charge in [-0.15, -0.1) is 0 Å². The number of hydrogen-bond donors (Lipinski definition) is 2. The Kier molecular flexibility index (Phi) is 4.93. The van der Waals surface area contributed by atoms with Crippen molar-refractivity contribution in [1.82, 2.24) is 4.83 Å². The molecule has 3 aromatic carbocycles. The Morgan fingerprint density at radius 2 is 1.63 bits per heavy atom. The summed E-state index contributed by atoms with van der Waals surface area (Å²) in [5.41, 5.74) is 1.45. The van der Waals surface area contributed by atoms with Gasteiger partial charge in [0.1, 0.15) is 5.75 Å². The Balaban J connectivity index is 1.85. The number of rotatable bonds is 4. The van der Waals surface area contributed by atoms with Crippen molar-refractivity contribution in [3.8, 4) is 5.75 Å². The van der Waals surface area contributed by atoms with Crippen LogP contribution in [0.3, 0.4) is 0 Å². The van der Waals surface area contributed by atoms with E-state index in [4.69, 9.17) is 0 Å². The molecule has 0 aromatic heterocycles. The number of sulfonamides is 1. The molecule has 6 heteroatoms. The minimum absolute atomic E-state index is 0.0335. The number of benzene rings is 3. The summed E-state index contributed by atoms with van der Waals surface area (Å²) in [6, 6.07) is 17.6. The van der Waals surface area contributed by atoms with E-state index < -0.39 is 10.0 Å². The molecule has 0 radical (unpaired) electrons. The molecule has 0 bridgehead atoms. The predicted molar refractivity (Wildman–Crippen MR) is 109 cm³/mol. The Morgan fingerprint density at radius 1 is 0.963 bits per heavy atom. The summed E-state index contributed by atoms with van der Waals surface area (Å²) in [5.74, 6) is 0.0335. The molecule has 3 aromatic rings. The van der Waals surface area contributed by atoms with Gasteiger partial charge in [0.15, 0.2) is 0 Å². The second kappa shape index (κ2) is 7.04. The van der Waals surface area contributed by atoms with Gasteiger partial charge in [-0.05, 0) is 39.9 Å². The van der Waals surface area contributed by atoms with E-state index in [2.05, 4.69) is 30.7 Å². The third-order valence-electron chi connectivity index (χ3n) is 4.34.